The van der Waals surface area contributed by atoms with Crippen LogP contribution in [0.25, 0.3) is 0 Å². The lowest BCUT2D eigenvalue weighted by Gasteiger charge is -2.15. The Bertz CT molecular complexity index is 353. The highest BCUT2D eigenvalue weighted by Crippen LogP contribution is 2.14. The van der Waals surface area contributed by atoms with Gasteiger partial charge < -0.3 is 5.32 Å². The van der Waals surface area contributed by atoms with Gasteiger partial charge in [0, 0.05) is 21.2 Å². The molecule has 0 radical (unpaired) electrons. The van der Waals surface area contributed by atoms with Crippen molar-refractivity contribution >= 4 is 26.7 Å². The van der Waals surface area contributed by atoms with Crippen molar-refractivity contribution in [3.05, 3.63) is 28.7 Å². The maximum Gasteiger partial charge on any atom is 0.0545 e. The van der Waals surface area contributed by atoms with E-state index in [1.807, 2.05) is 24.3 Å². The highest BCUT2D eigenvalue weighted by atomic mass is 79.9. The molecule has 0 spiro atoms. The molecule has 0 saturated heterocycles. The predicted octanol–water partition coefficient (Wildman–Crippen LogP) is 3.33. The first-order valence-corrected chi connectivity index (χ1v) is 8.15. The lowest BCUT2D eigenvalue weighted by atomic mass is 10.2. The van der Waals surface area contributed by atoms with Crippen molar-refractivity contribution in [1.82, 2.24) is 5.32 Å². The van der Waals surface area contributed by atoms with Crippen LogP contribution in [0.2, 0.25) is 0 Å². The van der Waals surface area contributed by atoms with Gasteiger partial charge in [0.15, 0.2) is 0 Å². The second kappa shape index (κ2) is 8.01. The quantitative estimate of drug-likeness (QED) is 0.835. The molecule has 2 nitrogen and oxygen atoms in total. The molecule has 0 fully saturated rings. The van der Waals surface area contributed by atoms with Crippen LogP contribution >= 0.6 is 15.9 Å². The molecular weight excluding hydrogens is 298 g/mol. The molecule has 2 unspecified atom stereocenters. The van der Waals surface area contributed by atoms with Crippen LogP contribution in [0.1, 0.15) is 26.7 Å². The van der Waals surface area contributed by atoms with E-state index >= 15 is 0 Å². The van der Waals surface area contributed by atoms with Gasteiger partial charge in [-0.05, 0) is 43.7 Å². The topological polar surface area (TPSA) is 29.1 Å². The standard InChI is InChI=1S/C13H20BrNOS/c1-3-9-15-12(4-2)10-17(16)13-7-5-11(14)6-8-13/h5-8,12,15H,3-4,9-10H2,1-2H3. The van der Waals surface area contributed by atoms with E-state index < -0.39 is 10.8 Å². The number of hydrogen-bond acceptors (Lipinski definition) is 2. The molecule has 0 saturated carbocycles. The molecule has 1 rings (SSSR count). The molecule has 17 heavy (non-hydrogen) atoms. The molecule has 0 heterocycles. The minimum Gasteiger partial charge on any atom is -0.313 e. The largest absolute Gasteiger partial charge is 0.313 e. The van der Waals surface area contributed by atoms with Gasteiger partial charge in [-0.25, -0.2) is 0 Å². The zero-order chi connectivity index (χ0) is 12.7. The fourth-order valence-electron chi connectivity index (χ4n) is 1.53. The third kappa shape index (κ3) is 5.32. The Hall–Kier alpha value is -0.190. The first-order chi connectivity index (χ1) is 8.17. The van der Waals surface area contributed by atoms with Gasteiger partial charge in [0.05, 0.1) is 10.8 Å². The Labute approximate surface area is 115 Å². The Morgan fingerprint density at radius 2 is 1.94 bits per heavy atom. The number of rotatable bonds is 7. The molecule has 4 heteroatoms. The minimum atomic E-state index is -0.908. The van der Waals surface area contributed by atoms with Crippen molar-refractivity contribution in [3.63, 3.8) is 0 Å². The van der Waals surface area contributed by atoms with Crippen molar-refractivity contribution in [2.45, 2.75) is 37.6 Å². The lowest BCUT2D eigenvalue weighted by Crippen LogP contribution is -2.34. The van der Waals surface area contributed by atoms with Crippen molar-refractivity contribution in [2.75, 3.05) is 12.3 Å². The van der Waals surface area contributed by atoms with Crippen LogP contribution in [-0.4, -0.2) is 22.5 Å². The Balaban J connectivity index is 2.54. The third-order valence-corrected chi connectivity index (χ3v) is 4.64. The van der Waals surface area contributed by atoms with Crippen molar-refractivity contribution in [2.24, 2.45) is 0 Å². The van der Waals surface area contributed by atoms with Crippen LogP contribution in [0.5, 0.6) is 0 Å². The first kappa shape index (κ1) is 14.9. The van der Waals surface area contributed by atoms with Gasteiger partial charge >= 0.3 is 0 Å². The lowest BCUT2D eigenvalue weighted by molar-refractivity contribution is 0.534. The van der Waals surface area contributed by atoms with Crippen LogP contribution in [0.4, 0.5) is 0 Å². The van der Waals surface area contributed by atoms with E-state index in [4.69, 9.17) is 0 Å². The van der Waals surface area contributed by atoms with E-state index in [9.17, 15) is 4.21 Å². The molecule has 0 aromatic heterocycles. The highest BCUT2D eigenvalue weighted by Gasteiger charge is 2.11. The summed E-state index contributed by atoms with van der Waals surface area (Å²) in [6.45, 7) is 5.27. The smallest absolute Gasteiger partial charge is 0.0545 e. The van der Waals surface area contributed by atoms with Gasteiger partial charge in [0.25, 0.3) is 0 Å². The molecule has 2 atom stereocenters. The van der Waals surface area contributed by atoms with Crippen molar-refractivity contribution < 1.29 is 4.21 Å². The molecule has 1 N–H and O–H groups in total. The molecular formula is C13H20BrNOS. The maximum absolute atomic E-state index is 12.1. The van der Waals surface area contributed by atoms with Crippen molar-refractivity contribution in [3.8, 4) is 0 Å². The Morgan fingerprint density at radius 3 is 2.47 bits per heavy atom. The second-order valence-electron chi connectivity index (χ2n) is 4.03. The number of halogens is 1. The normalized spacial score (nSPS) is 14.5. The fraction of sp³-hybridized carbons (Fsp3) is 0.538. The monoisotopic (exact) mass is 317 g/mol. The number of hydrogen-bond donors (Lipinski definition) is 1. The van der Waals surface area contributed by atoms with Gasteiger partial charge in [-0.15, -0.1) is 0 Å². The summed E-state index contributed by atoms with van der Waals surface area (Å²) in [5, 5.41) is 3.43. The summed E-state index contributed by atoms with van der Waals surface area (Å²) in [6.07, 6.45) is 2.13. The first-order valence-electron chi connectivity index (χ1n) is 6.04. The summed E-state index contributed by atoms with van der Waals surface area (Å²) in [6, 6.07) is 8.07. The SMILES string of the molecule is CCCNC(CC)CS(=O)c1ccc(Br)cc1. The summed E-state index contributed by atoms with van der Waals surface area (Å²) < 4.78 is 13.2. The van der Waals surface area contributed by atoms with Crippen LogP contribution in [0, 0.1) is 0 Å². The molecule has 1 aromatic rings. The molecule has 1 aromatic carbocycles. The molecule has 0 aliphatic heterocycles. The molecule has 0 bridgehead atoms. The summed E-state index contributed by atoms with van der Waals surface area (Å²) in [5.41, 5.74) is 0. The van der Waals surface area contributed by atoms with E-state index in [0.29, 0.717) is 11.8 Å². The summed E-state index contributed by atoms with van der Waals surface area (Å²) >= 11 is 3.38. The zero-order valence-electron chi connectivity index (χ0n) is 10.4. The van der Waals surface area contributed by atoms with Gasteiger partial charge in [0.1, 0.15) is 0 Å². The average molecular weight is 318 g/mol. The number of nitrogens with one attached hydrogen (secondary N) is 1. The summed E-state index contributed by atoms with van der Waals surface area (Å²) in [5.74, 6) is 0.693. The highest BCUT2D eigenvalue weighted by molar-refractivity contribution is 9.10. The van der Waals surface area contributed by atoms with Crippen LogP contribution < -0.4 is 5.32 Å². The predicted molar refractivity (Wildman–Crippen MR) is 77.8 cm³/mol. The van der Waals surface area contributed by atoms with E-state index in [1.54, 1.807) is 0 Å². The Morgan fingerprint density at radius 1 is 1.29 bits per heavy atom. The molecule has 96 valence electrons. The van der Waals surface area contributed by atoms with Crippen LogP contribution in [0.15, 0.2) is 33.6 Å². The van der Waals surface area contributed by atoms with Crippen molar-refractivity contribution in [1.29, 1.82) is 0 Å². The third-order valence-electron chi connectivity index (χ3n) is 2.60. The molecule has 0 amide bonds. The molecule has 0 aliphatic carbocycles. The fourth-order valence-corrected chi connectivity index (χ4v) is 3.15. The molecule has 0 aliphatic rings. The zero-order valence-corrected chi connectivity index (χ0v) is 12.8. The van der Waals surface area contributed by atoms with Crippen LogP contribution in [-0.2, 0) is 10.8 Å². The van der Waals surface area contributed by atoms with E-state index in [0.717, 1.165) is 28.8 Å². The second-order valence-corrected chi connectivity index (χ2v) is 6.44. The van der Waals surface area contributed by atoms with Gasteiger partial charge in [-0.3, -0.25) is 4.21 Å². The maximum atomic E-state index is 12.1. The van der Waals surface area contributed by atoms with E-state index in [1.165, 1.54) is 0 Å². The van der Waals surface area contributed by atoms with Gasteiger partial charge in [-0.1, -0.05) is 29.8 Å². The Kier molecular flexibility index (Phi) is 7.00. The van der Waals surface area contributed by atoms with E-state index in [2.05, 4.69) is 35.1 Å². The van der Waals surface area contributed by atoms with E-state index in [-0.39, 0.29) is 0 Å². The number of benzene rings is 1. The van der Waals surface area contributed by atoms with Gasteiger partial charge in [0.2, 0.25) is 0 Å². The average Bonchev–Trinajstić information content (AvgIpc) is 2.35. The minimum absolute atomic E-state index is 0.347. The summed E-state index contributed by atoms with van der Waals surface area (Å²) in [4.78, 5) is 0.907. The van der Waals surface area contributed by atoms with Gasteiger partial charge in [-0.2, -0.15) is 0 Å². The van der Waals surface area contributed by atoms with Crippen LogP contribution in [0.3, 0.4) is 0 Å². The summed E-state index contributed by atoms with van der Waals surface area (Å²) in [7, 11) is -0.908.